The monoisotopic (exact) mass is 382 g/mol. The quantitative estimate of drug-likeness (QED) is 0.487. The fraction of sp³-hybridized carbons (Fsp3) is 0.667. The Hall–Kier alpha value is 0.920. The second-order valence-electron chi connectivity index (χ2n) is 6.06. The van der Waals surface area contributed by atoms with Crippen LogP contribution in [0.2, 0.25) is 12.6 Å². The van der Waals surface area contributed by atoms with Gasteiger partial charge in [-0.2, -0.15) is 0 Å². The second kappa shape index (κ2) is 6.13. The predicted molar refractivity (Wildman–Crippen MR) is 65.1 cm³/mol. The van der Waals surface area contributed by atoms with E-state index in [9.17, 15) is 5.11 Å². The van der Waals surface area contributed by atoms with E-state index < -0.39 is 8.07 Å². The van der Waals surface area contributed by atoms with Crippen molar-refractivity contribution >= 4 is 8.07 Å². The molecule has 0 saturated carbocycles. The van der Waals surface area contributed by atoms with Gasteiger partial charge in [-0.15, -0.1) is 0 Å². The Morgan fingerprint density at radius 1 is 1.28 bits per heavy atom. The summed E-state index contributed by atoms with van der Waals surface area (Å²) in [6, 6.07) is 1.02. The van der Waals surface area contributed by atoms with Gasteiger partial charge in [-0.05, 0) is 0 Å². The molecule has 0 amide bonds. The molecule has 1 fully saturated rings. The molecule has 1 atom stereocenters. The first-order valence-corrected chi connectivity index (χ1v) is 9.81. The zero-order valence-corrected chi connectivity index (χ0v) is 16.3. The third-order valence-electron chi connectivity index (χ3n) is 3.39. The predicted octanol–water partition coefficient (Wildman–Crippen LogP) is -4.00. The number of hydrogen-bond donors (Lipinski definition) is 2. The number of allylic oxidation sites excluding steroid dienone is 3. The molecule has 2 nitrogen and oxygen atoms in total. The first-order chi connectivity index (χ1) is 7.29. The molecular formula is C12H20Cl2NOSiZr. The molecule has 101 valence electrons. The van der Waals surface area contributed by atoms with Gasteiger partial charge < -0.3 is 24.8 Å². The zero-order chi connectivity index (χ0) is 12.1. The maximum Gasteiger partial charge on any atom is -1.00 e. The van der Waals surface area contributed by atoms with Crippen LogP contribution >= 0.6 is 0 Å². The van der Waals surface area contributed by atoms with Crippen molar-refractivity contribution < 1.29 is 54.6 Å². The standard InChI is InChI=1S/C12H20NOSi.2ClH.Zr/c1-12(2,3)13-9-5-6-10-11(9)15(10,4)8-7-14;;;/h13-14H,5,7-8H2,1-4H3;2*1H;/q;;;+2/p-2. The molecule has 0 radical (unpaired) electrons. The molecule has 1 heterocycles. The van der Waals surface area contributed by atoms with Crippen LogP contribution in [0.15, 0.2) is 19.4 Å². The summed E-state index contributed by atoms with van der Waals surface area (Å²) >= 11 is 1.56. The average molecular weight is 385 g/mol. The number of nitrogens with one attached hydrogen (secondary N) is 1. The van der Waals surface area contributed by atoms with Crippen LogP contribution < -0.4 is 30.1 Å². The third-order valence-corrected chi connectivity index (χ3v) is 9.33. The number of aliphatic hydroxyl groups excluding tert-OH is 1. The van der Waals surface area contributed by atoms with E-state index >= 15 is 0 Å². The van der Waals surface area contributed by atoms with E-state index in [4.69, 9.17) is 0 Å². The molecule has 1 aliphatic carbocycles. The molecule has 1 unspecified atom stereocenters. The molecule has 0 spiro atoms. The Bertz CT molecular complexity index is 403. The van der Waals surface area contributed by atoms with E-state index in [0.29, 0.717) is 6.61 Å². The SMILES string of the molecule is CC(C)(C)NC1=C2C(=[C]([Zr+2])C1)[Si]2(C)CCO.[Cl-].[Cl-]. The average Bonchev–Trinajstić information content (AvgIpc) is 2.53. The van der Waals surface area contributed by atoms with Crippen molar-refractivity contribution in [3.05, 3.63) is 19.4 Å². The molecule has 1 aliphatic heterocycles. The van der Waals surface area contributed by atoms with Crippen LogP contribution in [0.3, 0.4) is 0 Å². The van der Waals surface area contributed by atoms with Gasteiger partial charge in [-0.25, -0.2) is 0 Å². The maximum atomic E-state index is 9.18. The normalized spacial score (nSPS) is 25.5. The van der Waals surface area contributed by atoms with Gasteiger partial charge in [0.25, 0.3) is 0 Å². The summed E-state index contributed by atoms with van der Waals surface area (Å²) in [7, 11) is -1.31. The van der Waals surface area contributed by atoms with Gasteiger partial charge >= 0.3 is 115 Å². The van der Waals surface area contributed by atoms with Gasteiger partial charge in [0.15, 0.2) is 0 Å². The zero-order valence-electron chi connectivity index (χ0n) is 11.3. The van der Waals surface area contributed by atoms with Crippen molar-refractivity contribution in [1.82, 2.24) is 5.32 Å². The molecule has 2 N–H and O–H groups in total. The molecule has 0 bridgehead atoms. The number of aliphatic hydroxyl groups is 1. The van der Waals surface area contributed by atoms with E-state index in [1.807, 2.05) is 0 Å². The molecule has 0 aromatic carbocycles. The summed E-state index contributed by atoms with van der Waals surface area (Å²) in [5.74, 6) is 0. The minimum absolute atomic E-state index is 0. The fourth-order valence-corrected chi connectivity index (χ4v) is 10.1. The van der Waals surface area contributed by atoms with E-state index in [1.54, 1.807) is 38.4 Å². The van der Waals surface area contributed by atoms with Gasteiger partial charge in [-0.1, -0.05) is 0 Å². The summed E-state index contributed by atoms with van der Waals surface area (Å²) in [4.78, 5) is 0. The summed E-state index contributed by atoms with van der Waals surface area (Å²) in [6.07, 6.45) is 1.15. The van der Waals surface area contributed by atoms with Crippen molar-refractivity contribution in [3.8, 4) is 0 Å². The Kier molecular flexibility index (Phi) is 6.45. The summed E-state index contributed by atoms with van der Waals surface area (Å²) in [6.45, 7) is 9.40. The Morgan fingerprint density at radius 2 is 1.83 bits per heavy atom. The van der Waals surface area contributed by atoms with Crippen LogP contribution in [0.5, 0.6) is 0 Å². The molecule has 6 heteroatoms. The molecule has 1 saturated heterocycles. The Labute approximate surface area is 138 Å². The van der Waals surface area contributed by atoms with Gasteiger partial charge in [-0.3, -0.25) is 0 Å². The van der Waals surface area contributed by atoms with Crippen molar-refractivity contribution in [2.24, 2.45) is 0 Å². The Balaban J connectivity index is 0.00000144. The van der Waals surface area contributed by atoms with Gasteiger partial charge in [0, 0.05) is 0 Å². The first kappa shape index (κ1) is 18.9. The fourth-order valence-electron chi connectivity index (χ4n) is 2.77. The molecule has 2 rings (SSSR count). The minimum atomic E-state index is -1.31. The van der Waals surface area contributed by atoms with Crippen LogP contribution in [0.1, 0.15) is 27.2 Å². The summed E-state index contributed by atoms with van der Waals surface area (Å²) in [5.41, 5.74) is 1.63. The molecule has 0 aromatic rings. The number of rotatable bonds is 3. The van der Waals surface area contributed by atoms with E-state index in [-0.39, 0.29) is 30.4 Å². The van der Waals surface area contributed by atoms with Gasteiger partial charge in [0.05, 0.1) is 0 Å². The smallest absolute Gasteiger partial charge is 1.00 e. The Morgan fingerprint density at radius 3 is 2.28 bits per heavy atom. The molecule has 2 aliphatic rings. The third kappa shape index (κ3) is 3.32. The van der Waals surface area contributed by atoms with Gasteiger partial charge in [0.2, 0.25) is 0 Å². The van der Waals surface area contributed by atoms with E-state index in [2.05, 4.69) is 32.6 Å². The van der Waals surface area contributed by atoms with E-state index in [1.165, 1.54) is 5.70 Å². The largest absolute Gasteiger partial charge is 1.00 e. The van der Waals surface area contributed by atoms with Crippen LogP contribution in [0.4, 0.5) is 0 Å². The summed E-state index contributed by atoms with van der Waals surface area (Å²) < 4.78 is 1.64. The maximum absolute atomic E-state index is 9.18. The molecule has 0 aromatic heterocycles. The number of hydrogen-bond acceptors (Lipinski definition) is 2. The van der Waals surface area contributed by atoms with Crippen LogP contribution in [-0.2, 0) is 24.7 Å². The van der Waals surface area contributed by atoms with Crippen molar-refractivity contribution in [3.63, 3.8) is 0 Å². The topological polar surface area (TPSA) is 32.3 Å². The van der Waals surface area contributed by atoms with Crippen molar-refractivity contribution in [2.75, 3.05) is 6.61 Å². The van der Waals surface area contributed by atoms with Crippen LogP contribution in [-0.4, -0.2) is 25.3 Å². The first-order valence-electron chi connectivity index (χ1n) is 5.88. The molecular weight excluding hydrogens is 364 g/mol. The van der Waals surface area contributed by atoms with Crippen molar-refractivity contribution in [2.45, 2.75) is 45.3 Å². The number of fused-ring (bicyclic) bond motifs is 1. The summed E-state index contributed by atoms with van der Waals surface area (Å²) in [5, 5.41) is 16.2. The van der Waals surface area contributed by atoms with E-state index in [0.717, 1.165) is 12.5 Å². The minimum Gasteiger partial charge on any atom is -1.00 e. The van der Waals surface area contributed by atoms with Crippen molar-refractivity contribution in [1.29, 1.82) is 0 Å². The van der Waals surface area contributed by atoms with Crippen LogP contribution in [0, 0.1) is 0 Å². The second-order valence-corrected chi connectivity index (χ2v) is 11.7. The number of halogens is 2. The van der Waals surface area contributed by atoms with Crippen LogP contribution in [0.25, 0.3) is 0 Å². The molecule has 18 heavy (non-hydrogen) atoms. The van der Waals surface area contributed by atoms with Gasteiger partial charge in [0.1, 0.15) is 0 Å².